The van der Waals surface area contributed by atoms with Crippen LogP contribution in [0.1, 0.15) is 27.7 Å². The number of likely N-dealkylation sites (N-methyl/N-ethyl adjacent to an activating group) is 1. The highest BCUT2D eigenvalue weighted by Gasteiger charge is 2.28. The fraction of sp³-hybridized carbons (Fsp3) is 0.667. The van der Waals surface area contributed by atoms with E-state index in [-0.39, 0.29) is 5.54 Å². The lowest BCUT2D eigenvalue weighted by Gasteiger charge is -2.40. The lowest BCUT2D eigenvalue weighted by atomic mass is 10.0. The molecule has 1 aliphatic heterocycles. The van der Waals surface area contributed by atoms with Crippen molar-refractivity contribution in [3.63, 3.8) is 0 Å². The van der Waals surface area contributed by atoms with E-state index in [0.29, 0.717) is 6.04 Å². The Morgan fingerprint density at radius 1 is 1.22 bits per heavy atom. The topological polar surface area (TPSA) is 52.1 Å². The van der Waals surface area contributed by atoms with Gasteiger partial charge in [0.2, 0.25) is 0 Å². The maximum atomic E-state index is 5.48. The molecule has 0 bridgehead atoms. The second kappa shape index (κ2) is 10.5. The first-order valence-electron chi connectivity index (χ1n) is 10.1. The van der Waals surface area contributed by atoms with Crippen LogP contribution < -0.4 is 15.5 Å². The molecule has 1 atom stereocenters. The van der Waals surface area contributed by atoms with E-state index in [1.807, 2.05) is 6.07 Å². The summed E-state index contributed by atoms with van der Waals surface area (Å²) in [5, 5.41) is 6.87. The number of para-hydroxylation sites is 1. The minimum atomic E-state index is 0.0264. The Kier molecular flexibility index (Phi) is 8.38. The van der Waals surface area contributed by atoms with Crippen molar-refractivity contribution in [2.45, 2.75) is 39.3 Å². The van der Waals surface area contributed by atoms with Gasteiger partial charge in [-0.15, -0.1) is 0 Å². The number of rotatable bonds is 8. The van der Waals surface area contributed by atoms with E-state index < -0.39 is 0 Å². The standard InChI is InChI=1S/C21H37N5O/c1-6-22-20(24-17-21(3,4)26-12-14-27-15-13-26)23-16-18(2)25(5)19-10-8-7-9-11-19/h7-11,18H,6,12-17H2,1-5H3,(H2,22,23,24). The van der Waals surface area contributed by atoms with Crippen LogP contribution in [0.15, 0.2) is 35.3 Å². The third-order valence-electron chi connectivity index (χ3n) is 5.23. The molecule has 0 aliphatic carbocycles. The van der Waals surface area contributed by atoms with E-state index in [1.54, 1.807) is 0 Å². The SMILES string of the molecule is CCNC(=NCC(C)(C)N1CCOCC1)NCC(C)N(C)c1ccccc1. The molecular weight excluding hydrogens is 338 g/mol. The maximum absolute atomic E-state index is 5.48. The van der Waals surface area contributed by atoms with Crippen LogP contribution >= 0.6 is 0 Å². The fourth-order valence-corrected chi connectivity index (χ4v) is 3.18. The molecule has 0 radical (unpaired) electrons. The number of ether oxygens (including phenoxy) is 1. The summed E-state index contributed by atoms with van der Waals surface area (Å²) in [5.74, 6) is 0.882. The highest BCUT2D eigenvalue weighted by Crippen LogP contribution is 2.16. The first-order chi connectivity index (χ1) is 12.9. The summed E-state index contributed by atoms with van der Waals surface area (Å²) in [7, 11) is 2.13. The first kappa shape index (κ1) is 21.5. The molecule has 6 nitrogen and oxygen atoms in total. The molecule has 1 heterocycles. The third kappa shape index (κ3) is 6.70. The van der Waals surface area contributed by atoms with Gasteiger partial charge < -0.3 is 20.3 Å². The molecule has 1 aromatic carbocycles. The Bertz CT molecular complexity index is 569. The van der Waals surface area contributed by atoms with Gasteiger partial charge in [-0.1, -0.05) is 18.2 Å². The van der Waals surface area contributed by atoms with Crippen molar-refractivity contribution in [3.05, 3.63) is 30.3 Å². The molecule has 1 aromatic rings. The molecule has 6 heteroatoms. The normalized spacial score (nSPS) is 17.4. The zero-order valence-electron chi connectivity index (χ0n) is 17.7. The predicted octanol–water partition coefficient (Wildman–Crippen LogP) is 2.18. The van der Waals surface area contributed by atoms with Gasteiger partial charge in [-0.05, 0) is 39.8 Å². The Hall–Kier alpha value is -1.79. The Labute approximate surface area is 165 Å². The zero-order valence-corrected chi connectivity index (χ0v) is 17.7. The number of morpholine rings is 1. The average molecular weight is 376 g/mol. The molecule has 0 spiro atoms. The molecule has 152 valence electrons. The molecular formula is C21H37N5O. The second-order valence-corrected chi connectivity index (χ2v) is 7.78. The van der Waals surface area contributed by atoms with Crippen LogP contribution in [0.4, 0.5) is 5.69 Å². The van der Waals surface area contributed by atoms with Gasteiger partial charge in [-0.2, -0.15) is 0 Å². The second-order valence-electron chi connectivity index (χ2n) is 7.78. The molecule has 1 unspecified atom stereocenters. The minimum absolute atomic E-state index is 0.0264. The number of hydrogen-bond acceptors (Lipinski definition) is 4. The van der Waals surface area contributed by atoms with Crippen molar-refractivity contribution in [2.24, 2.45) is 4.99 Å². The summed E-state index contributed by atoms with van der Waals surface area (Å²) in [6, 6.07) is 10.8. The van der Waals surface area contributed by atoms with Gasteiger partial charge in [0.05, 0.1) is 19.8 Å². The zero-order chi connectivity index (χ0) is 19.7. The summed E-state index contributed by atoms with van der Waals surface area (Å²) < 4.78 is 5.48. The van der Waals surface area contributed by atoms with Crippen LogP contribution in [-0.2, 0) is 4.74 Å². The molecule has 0 saturated carbocycles. The van der Waals surface area contributed by atoms with E-state index in [2.05, 4.69) is 79.4 Å². The summed E-state index contributed by atoms with van der Waals surface area (Å²) in [5.41, 5.74) is 1.25. The smallest absolute Gasteiger partial charge is 0.191 e. The summed E-state index contributed by atoms with van der Waals surface area (Å²) in [6.45, 7) is 14.9. The van der Waals surface area contributed by atoms with Crippen LogP contribution in [0.2, 0.25) is 0 Å². The van der Waals surface area contributed by atoms with E-state index in [4.69, 9.17) is 9.73 Å². The predicted molar refractivity (Wildman–Crippen MR) is 115 cm³/mol. The van der Waals surface area contributed by atoms with Crippen LogP contribution in [0.5, 0.6) is 0 Å². The van der Waals surface area contributed by atoms with Gasteiger partial charge in [0.15, 0.2) is 5.96 Å². The molecule has 1 aliphatic rings. The van der Waals surface area contributed by atoms with Crippen molar-refractivity contribution >= 4 is 11.6 Å². The van der Waals surface area contributed by atoms with Gasteiger partial charge >= 0.3 is 0 Å². The number of guanidine groups is 1. The van der Waals surface area contributed by atoms with E-state index >= 15 is 0 Å². The average Bonchev–Trinajstić information content (AvgIpc) is 2.70. The molecule has 27 heavy (non-hydrogen) atoms. The number of anilines is 1. The number of nitrogens with zero attached hydrogens (tertiary/aromatic N) is 3. The number of nitrogens with one attached hydrogen (secondary N) is 2. The highest BCUT2D eigenvalue weighted by atomic mass is 16.5. The van der Waals surface area contributed by atoms with Crippen molar-refractivity contribution in [3.8, 4) is 0 Å². The number of aliphatic imine (C=N–C) groups is 1. The molecule has 1 saturated heterocycles. The lowest BCUT2D eigenvalue weighted by Crippen LogP contribution is -2.52. The van der Waals surface area contributed by atoms with Crippen LogP contribution in [0.25, 0.3) is 0 Å². The van der Waals surface area contributed by atoms with Crippen molar-refractivity contribution in [1.82, 2.24) is 15.5 Å². The van der Waals surface area contributed by atoms with Crippen LogP contribution in [0, 0.1) is 0 Å². The molecule has 0 amide bonds. The summed E-state index contributed by atoms with van der Waals surface area (Å²) in [6.07, 6.45) is 0. The van der Waals surface area contributed by atoms with Crippen LogP contribution in [-0.4, -0.2) is 75.4 Å². The summed E-state index contributed by atoms with van der Waals surface area (Å²) >= 11 is 0. The largest absolute Gasteiger partial charge is 0.379 e. The molecule has 1 fully saturated rings. The monoisotopic (exact) mass is 375 g/mol. The lowest BCUT2D eigenvalue weighted by molar-refractivity contribution is -0.00683. The first-order valence-corrected chi connectivity index (χ1v) is 10.1. The highest BCUT2D eigenvalue weighted by molar-refractivity contribution is 5.79. The van der Waals surface area contributed by atoms with Gasteiger partial charge in [0, 0.05) is 50.5 Å². The van der Waals surface area contributed by atoms with Crippen molar-refractivity contribution < 1.29 is 4.74 Å². The van der Waals surface area contributed by atoms with E-state index in [0.717, 1.165) is 51.9 Å². The Morgan fingerprint density at radius 3 is 2.52 bits per heavy atom. The fourth-order valence-electron chi connectivity index (χ4n) is 3.18. The quantitative estimate of drug-likeness (QED) is 0.539. The van der Waals surface area contributed by atoms with E-state index in [1.165, 1.54) is 5.69 Å². The molecule has 0 aromatic heterocycles. The third-order valence-corrected chi connectivity index (χ3v) is 5.23. The van der Waals surface area contributed by atoms with Gasteiger partial charge in [0.1, 0.15) is 0 Å². The molecule has 2 N–H and O–H groups in total. The van der Waals surface area contributed by atoms with Gasteiger partial charge in [-0.25, -0.2) is 0 Å². The van der Waals surface area contributed by atoms with Crippen molar-refractivity contribution in [1.29, 1.82) is 0 Å². The Balaban J connectivity index is 1.90. The minimum Gasteiger partial charge on any atom is -0.379 e. The van der Waals surface area contributed by atoms with Crippen molar-refractivity contribution in [2.75, 3.05) is 57.9 Å². The van der Waals surface area contributed by atoms with Gasteiger partial charge in [0.25, 0.3) is 0 Å². The number of hydrogen-bond donors (Lipinski definition) is 2. The molecule has 2 rings (SSSR count). The number of benzene rings is 1. The maximum Gasteiger partial charge on any atom is 0.191 e. The summed E-state index contributed by atoms with van der Waals surface area (Å²) in [4.78, 5) is 9.61. The van der Waals surface area contributed by atoms with Gasteiger partial charge in [-0.3, -0.25) is 9.89 Å². The van der Waals surface area contributed by atoms with Crippen LogP contribution in [0.3, 0.4) is 0 Å². The Morgan fingerprint density at radius 2 is 1.89 bits per heavy atom. The van der Waals surface area contributed by atoms with E-state index in [9.17, 15) is 0 Å².